The molecule has 33 heavy (non-hydrogen) atoms. The van der Waals surface area contributed by atoms with Crippen LogP contribution in [0, 0.1) is 13.8 Å². The van der Waals surface area contributed by atoms with Crippen LogP contribution in [0.5, 0.6) is 17.2 Å². The molecule has 1 heterocycles. The van der Waals surface area contributed by atoms with E-state index < -0.39 is 17.5 Å². The van der Waals surface area contributed by atoms with Crippen molar-refractivity contribution in [3.05, 3.63) is 77.4 Å². The Morgan fingerprint density at radius 2 is 1.64 bits per heavy atom. The second-order valence-corrected chi connectivity index (χ2v) is 8.61. The van der Waals surface area contributed by atoms with Crippen LogP contribution in [0.4, 0.5) is 18.9 Å². The molecular weight excluding hydrogens is 449 g/mol. The predicted molar refractivity (Wildman–Crippen MR) is 127 cm³/mol. The number of hydrogen-bond acceptors (Lipinski definition) is 5. The minimum atomic E-state index is -4.58. The van der Waals surface area contributed by atoms with Crippen molar-refractivity contribution in [2.75, 3.05) is 17.8 Å². The molecule has 1 aliphatic heterocycles. The lowest BCUT2D eigenvalue weighted by Gasteiger charge is -2.12. The molecule has 3 aromatic rings. The number of alkyl halides is 3. The lowest BCUT2D eigenvalue weighted by Crippen LogP contribution is -2.05. The first-order chi connectivity index (χ1) is 15.7. The van der Waals surface area contributed by atoms with E-state index in [0.29, 0.717) is 11.4 Å². The van der Waals surface area contributed by atoms with Crippen molar-refractivity contribution in [3.63, 3.8) is 0 Å². The van der Waals surface area contributed by atoms with Crippen LogP contribution in [0.1, 0.15) is 29.5 Å². The van der Waals surface area contributed by atoms with Gasteiger partial charge in [-0.2, -0.15) is 13.2 Å². The second-order valence-electron chi connectivity index (χ2n) is 7.73. The van der Waals surface area contributed by atoms with Crippen molar-refractivity contribution < 1.29 is 23.0 Å². The number of ether oxygens (including phenoxy) is 1. The Kier molecular flexibility index (Phi) is 8.52. The van der Waals surface area contributed by atoms with Crippen LogP contribution in [-0.2, 0) is 6.18 Å². The van der Waals surface area contributed by atoms with Crippen LogP contribution in [0.25, 0.3) is 0 Å². The fourth-order valence-electron chi connectivity index (χ4n) is 3.19. The largest absolute Gasteiger partial charge is 0.507 e. The Morgan fingerprint density at radius 1 is 0.939 bits per heavy atom. The quantitative estimate of drug-likeness (QED) is 0.337. The average Bonchev–Trinajstić information content (AvgIpc) is 3.35. The number of hydrogen-bond donors (Lipinski definition) is 3. The average molecular weight is 477 g/mol. The van der Waals surface area contributed by atoms with Crippen LogP contribution in [0.3, 0.4) is 0 Å². The number of phenolic OH excluding ortho intramolecular Hbond substituents is 1. The van der Waals surface area contributed by atoms with Gasteiger partial charge in [0.15, 0.2) is 0 Å². The number of benzene rings is 3. The van der Waals surface area contributed by atoms with Crippen molar-refractivity contribution >= 4 is 17.6 Å². The third-order valence-corrected chi connectivity index (χ3v) is 5.77. The van der Waals surface area contributed by atoms with Gasteiger partial charge in [0.05, 0.1) is 5.56 Å². The highest BCUT2D eigenvalue weighted by Gasteiger charge is 2.33. The van der Waals surface area contributed by atoms with Gasteiger partial charge in [0, 0.05) is 16.6 Å². The van der Waals surface area contributed by atoms with E-state index in [-0.39, 0.29) is 0 Å². The topological polar surface area (TPSA) is 53.5 Å². The summed E-state index contributed by atoms with van der Waals surface area (Å²) in [6.45, 7) is 6.50. The Hall–Kier alpha value is -2.84. The second kappa shape index (κ2) is 11.3. The van der Waals surface area contributed by atoms with Crippen LogP contribution in [-0.4, -0.2) is 18.2 Å². The van der Waals surface area contributed by atoms with Gasteiger partial charge in [0.1, 0.15) is 17.2 Å². The highest BCUT2D eigenvalue weighted by Crippen LogP contribution is 2.37. The van der Waals surface area contributed by atoms with Gasteiger partial charge in [-0.15, -0.1) is 0 Å². The maximum Gasteiger partial charge on any atom is 0.419 e. The van der Waals surface area contributed by atoms with E-state index >= 15 is 0 Å². The molecule has 0 saturated carbocycles. The van der Waals surface area contributed by atoms with E-state index in [1.165, 1.54) is 43.9 Å². The Labute approximate surface area is 196 Å². The number of anilines is 1. The van der Waals surface area contributed by atoms with Crippen molar-refractivity contribution in [3.8, 4) is 17.2 Å². The zero-order valence-electron chi connectivity index (χ0n) is 18.5. The number of phenols is 1. The van der Waals surface area contributed by atoms with E-state index in [1.807, 2.05) is 56.3 Å². The summed E-state index contributed by atoms with van der Waals surface area (Å²) in [7, 11) is 0. The smallest absolute Gasteiger partial charge is 0.419 e. The molecule has 0 amide bonds. The molecule has 8 heteroatoms. The van der Waals surface area contributed by atoms with Crippen LogP contribution < -0.4 is 14.8 Å². The predicted octanol–water partition coefficient (Wildman–Crippen LogP) is 7.31. The molecule has 1 aliphatic rings. The van der Waals surface area contributed by atoms with E-state index in [9.17, 15) is 18.3 Å². The summed E-state index contributed by atoms with van der Waals surface area (Å²) in [5.41, 5.74) is 1.52. The van der Waals surface area contributed by atoms with Gasteiger partial charge in [-0.05, 0) is 99.8 Å². The number of halogens is 3. The molecule has 3 aromatic carbocycles. The normalized spacial score (nSPS) is 13.2. The van der Waals surface area contributed by atoms with Gasteiger partial charge in [0.25, 0.3) is 0 Å². The van der Waals surface area contributed by atoms with Gasteiger partial charge in [-0.1, -0.05) is 17.7 Å². The summed E-state index contributed by atoms with van der Waals surface area (Å²) in [5, 5.41) is 12.8. The monoisotopic (exact) mass is 476 g/mol. The molecule has 1 saturated heterocycles. The van der Waals surface area contributed by atoms with Crippen LogP contribution in [0.2, 0.25) is 0 Å². The van der Waals surface area contributed by atoms with E-state index in [0.717, 1.165) is 33.9 Å². The fraction of sp³-hybridized carbons (Fsp3) is 0.280. The molecule has 0 bridgehead atoms. The molecule has 3 N–H and O–H groups in total. The minimum absolute atomic E-state index is 0.367. The van der Waals surface area contributed by atoms with Gasteiger partial charge in [0.2, 0.25) is 0 Å². The lowest BCUT2D eigenvalue weighted by molar-refractivity contribution is -0.138. The molecule has 1 fully saturated rings. The Bertz CT molecular complexity index is 1040. The van der Waals surface area contributed by atoms with Gasteiger partial charge in [-0.3, -0.25) is 0 Å². The van der Waals surface area contributed by atoms with Gasteiger partial charge < -0.3 is 19.9 Å². The molecule has 0 atom stereocenters. The minimum Gasteiger partial charge on any atom is -0.507 e. The Balaban J connectivity index is 0.000000541. The van der Waals surface area contributed by atoms with E-state index in [1.54, 1.807) is 0 Å². The number of rotatable bonds is 5. The first kappa shape index (κ1) is 24.8. The van der Waals surface area contributed by atoms with Gasteiger partial charge in [-0.25, -0.2) is 0 Å². The van der Waals surface area contributed by atoms with E-state index in [2.05, 4.69) is 10.0 Å². The summed E-state index contributed by atoms with van der Waals surface area (Å²) in [4.78, 5) is 0.840. The van der Waals surface area contributed by atoms with Crippen molar-refractivity contribution in [2.24, 2.45) is 0 Å². The SMILES string of the molecule is C1CCNC1.Cc1ccc(Oc2ccc(SNc3ccc(C(F)(F)F)c(O)c3)cc2)c(C)c1. The number of aromatic hydroxyl groups is 1. The third kappa shape index (κ3) is 7.61. The molecule has 0 spiro atoms. The summed E-state index contributed by atoms with van der Waals surface area (Å²) < 4.78 is 46.8. The van der Waals surface area contributed by atoms with Crippen molar-refractivity contribution in [1.29, 1.82) is 0 Å². The van der Waals surface area contributed by atoms with Gasteiger partial charge >= 0.3 is 6.18 Å². The lowest BCUT2D eigenvalue weighted by atomic mass is 10.1. The summed E-state index contributed by atoms with van der Waals surface area (Å²) in [6.07, 6.45) is -1.80. The summed E-state index contributed by atoms with van der Waals surface area (Å²) in [5.74, 6) is 0.656. The zero-order chi connectivity index (χ0) is 23.8. The van der Waals surface area contributed by atoms with E-state index in [4.69, 9.17) is 4.74 Å². The molecule has 176 valence electrons. The molecule has 0 aromatic heterocycles. The first-order valence-electron chi connectivity index (χ1n) is 10.6. The fourth-order valence-corrected chi connectivity index (χ4v) is 3.83. The van der Waals surface area contributed by atoms with Crippen LogP contribution >= 0.6 is 11.9 Å². The number of aryl methyl sites for hydroxylation is 2. The van der Waals surface area contributed by atoms with Crippen LogP contribution in [0.15, 0.2) is 65.6 Å². The molecule has 4 rings (SSSR count). The maximum atomic E-state index is 12.7. The molecule has 0 aliphatic carbocycles. The maximum absolute atomic E-state index is 12.7. The summed E-state index contributed by atoms with van der Waals surface area (Å²) >= 11 is 1.22. The highest BCUT2D eigenvalue weighted by atomic mass is 32.2. The molecule has 0 radical (unpaired) electrons. The Morgan fingerprint density at radius 3 is 2.18 bits per heavy atom. The first-order valence-corrected chi connectivity index (χ1v) is 11.4. The molecular formula is C25H27F3N2O2S. The highest BCUT2D eigenvalue weighted by molar-refractivity contribution is 8.00. The zero-order valence-corrected chi connectivity index (χ0v) is 19.3. The number of nitrogens with one attached hydrogen (secondary N) is 2. The van der Waals surface area contributed by atoms with Crippen molar-refractivity contribution in [1.82, 2.24) is 5.32 Å². The standard InChI is InChI=1S/C21H18F3NO2S.C4H9N/c1-13-3-10-20(14(2)11-13)27-16-5-7-17(8-6-16)28-25-15-4-9-18(19(26)12-15)21(22,23)24;1-2-4-5-3-1/h3-12,25-26H,1-2H3;5H,1-4H2. The third-order valence-electron chi connectivity index (χ3n) is 4.93. The summed E-state index contributed by atoms with van der Waals surface area (Å²) in [6, 6.07) is 16.4. The molecule has 4 nitrogen and oxygen atoms in total. The molecule has 0 unspecified atom stereocenters. The van der Waals surface area contributed by atoms with Crippen molar-refractivity contribution in [2.45, 2.75) is 37.8 Å².